The summed E-state index contributed by atoms with van der Waals surface area (Å²) in [5.41, 5.74) is 0.202. The van der Waals surface area contributed by atoms with Gasteiger partial charge in [0.1, 0.15) is 18.0 Å². The Morgan fingerprint density at radius 3 is 2.29 bits per heavy atom. The van der Waals surface area contributed by atoms with E-state index in [1.165, 1.54) is 30.3 Å². The summed E-state index contributed by atoms with van der Waals surface area (Å²) in [5, 5.41) is 19.4. The number of carbonyl (C=O) groups is 3. The van der Waals surface area contributed by atoms with Gasteiger partial charge < -0.3 is 24.6 Å². The summed E-state index contributed by atoms with van der Waals surface area (Å²) in [6.45, 7) is 2.23. The standard InChI is InChI=1S/C23H24Cl2N2O7/c1-2-33-23(32)27(13-20(29)30)14-10-17(24)21(18(25)11-14)34-15-6-7-19(28)16(12-15)22(31)26-8-4-3-5-9-26/h6-7,10-12,28H,2-5,8-9,13H2,1H3,(H,29,30). The average Bonchev–Trinajstić information content (AvgIpc) is 2.81. The van der Waals surface area contributed by atoms with Crippen LogP contribution in [0, 0.1) is 0 Å². The van der Waals surface area contributed by atoms with Gasteiger partial charge >= 0.3 is 12.1 Å². The molecule has 182 valence electrons. The summed E-state index contributed by atoms with van der Waals surface area (Å²) < 4.78 is 10.7. The van der Waals surface area contributed by atoms with Crippen LogP contribution in [0.15, 0.2) is 30.3 Å². The van der Waals surface area contributed by atoms with Crippen LogP contribution in [-0.4, -0.2) is 59.3 Å². The van der Waals surface area contributed by atoms with Crippen LogP contribution in [0.1, 0.15) is 36.5 Å². The predicted molar refractivity (Wildman–Crippen MR) is 126 cm³/mol. The van der Waals surface area contributed by atoms with Crippen molar-refractivity contribution >= 4 is 46.9 Å². The lowest BCUT2D eigenvalue weighted by atomic mass is 10.1. The van der Waals surface area contributed by atoms with Gasteiger partial charge in [0, 0.05) is 13.1 Å². The summed E-state index contributed by atoms with van der Waals surface area (Å²) in [6.07, 6.45) is 2.01. The zero-order valence-corrected chi connectivity index (χ0v) is 19.9. The fraction of sp³-hybridized carbons (Fsp3) is 0.348. The number of carboxylic acids is 1. The van der Waals surface area contributed by atoms with Gasteiger partial charge in [-0.15, -0.1) is 0 Å². The summed E-state index contributed by atoms with van der Waals surface area (Å²) >= 11 is 12.7. The number of rotatable bonds is 7. The van der Waals surface area contributed by atoms with Crippen LogP contribution in [0.5, 0.6) is 17.2 Å². The molecule has 2 amide bonds. The molecule has 0 atom stereocenters. The number of amides is 2. The number of nitrogens with zero attached hydrogens (tertiary/aromatic N) is 2. The van der Waals surface area contributed by atoms with Crippen LogP contribution in [0.25, 0.3) is 0 Å². The molecule has 1 aliphatic heterocycles. The number of carbonyl (C=O) groups excluding carboxylic acids is 2. The minimum absolute atomic E-state index is 0.000769. The van der Waals surface area contributed by atoms with Gasteiger partial charge in [0.2, 0.25) is 0 Å². The van der Waals surface area contributed by atoms with E-state index in [4.69, 9.17) is 37.8 Å². The van der Waals surface area contributed by atoms with Gasteiger partial charge in [-0.25, -0.2) is 4.79 Å². The molecule has 0 radical (unpaired) electrons. The van der Waals surface area contributed by atoms with Crippen LogP contribution < -0.4 is 9.64 Å². The maximum absolute atomic E-state index is 12.8. The molecule has 0 unspecified atom stereocenters. The number of anilines is 1. The second-order valence-corrected chi connectivity index (χ2v) is 8.37. The first-order valence-corrected chi connectivity index (χ1v) is 11.4. The Hall–Kier alpha value is -3.17. The average molecular weight is 511 g/mol. The third-order valence-corrected chi connectivity index (χ3v) is 5.70. The molecule has 9 nitrogen and oxygen atoms in total. The molecule has 0 aromatic heterocycles. The van der Waals surface area contributed by atoms with Gasteiger partial charge in [-0.1, -0.05) is 23.2 Å². The number of hydrogen-bond acceptors (Lipinski definition) is 6. The van der Waals surface area contributed by atoms with Crippen molar-refractivity contribution in [3.63, 3.8) is 0 Å². The SMILES string of the molecule is CCOC(=O)N(CC(=O)O)c1cc(Cl)c(Oc2ccc(O)c(C(=O)N3CCCCC3)c2)c(Cl)c1. The lowest BCUT2D eigenvalue weighted by molar-refractivity contribution is -0.135. The van der Waals surface area contributed by atoms with E-state index in [2.05, 4.69) is 0 Å². The number of aromatic hydroxyl groups is 1. The smallest absolute Gasteiger partial charge is 0.414 e. The lowest BCUT2D eigenvalue weighted by Gasteiger charge is -2.27. The van der Waals surface area contributed by atoms with E-state index in [-0.39, 0.29) is 51.1 Å². The van der Waals surface area contributed by atoms with Crippen molar-refractivity contribution in [2.24, 2.45) is 0 Å². The highest BCUT2D eigenvalue weighted by molar-refractivity contribution is 6.37. The Kier molecular flexibility index (Phi) is 8.46. The van der Waals surface area contributed by atoms with E-state index in [1.807, 2.05) is 0 Å². The number of phenols is 1. The minimum Gasteiger partial charge on any atom is -0.507 e. The Balaban J connectivity index is 1.88. The molecule has 1 heterocycles. The first kappa shape index (κ1) is 25.5. The highest BCUT2D eigenvalue weighted by Crippen LogP contribution is 2.40. The van der Waals surface area contributed by atoms with Crippen LogP contribution in [-0.2, 0) is 9.53 Å². The van der Waals surface area contributed by atoms with E-state index in [9.17, 15) is 19.5 Å². The molecule has 1 saturated heterocycles. The molecule has 1 fully saturated rings. The third-order valence-electron chi connectivity index (χ3n) is 5.14. The van der Waals surface area contributed by atoms with E-state index in [0.717, 1.165) is 24.2 Å². The second kappa shape index (κ2) is 11.3. The Morgan fingerprint density at radius 1 is 1.06 bits per heavy atom. The fourth-order valence-electron chi connectivity index (χ4n) is 3.53. The monoisotopic (exact) mass is 510 g/mol. The highest BCUT2D eigenvalue weighted by atomic mass is 35.5. The van der Waals surface area contributed by atoms with Crippen LogP contribution in [0.2, 0.25) is 10.0 Å². The molecular formula is C23H24Cl2N2O7. The first-order valence-electron chi connectivity index (χ1n) is 10.7. The van der Waals surface area contributed by atoms with Gasteiger partial charge in [0.05, 0.1) is 27.9 Å². The number of benzene rings is 2. The van der Waals surface area contributed by atoms with E-state index in [0.29, 0.717) is 13.1 Å². The van der Waals surface area contributed by atoms with Gasteiger partial charge in [0.25, 0.3) is 5.91 Å². The van der Waals surface area contributed by atoms with Gasteiger partial charge in [0.15, 0.2) is 5.75 Å². The molecule has 0 saturated carbocycles. The predicted octanol–water partition coefficient (Wildman–Crippen LogP) is 5.16. The summed E-state index contributed by atoms with van der Waals surface area (Å²) in [5.74, 6) is -1.48. The molecule has 34 heavy (non-hydrogen) atoms. The van der Waals surface area contributed by atoms with Crippen LogP contribution >= 0.6 is 23.2 Å². The number of hydrogen-bond donors (Lipinski definition) is 2. The maximum Gasteiger partial charge on any atom is 0.414 e. The Morgan fingerprint density at radius 2 is 1.71 bits per heavy atom. The quantitative estimate of drug-likeness (QED) is 0.527. The number of aliphatic carboxylic acids is 1. The summed E-state index contributed by atoms with van der Waals surface area (Å²) in [7, 11) is 0. The van der Waals surface area contributed by atoms with Crippen molar-refractivity contribution in [2.75, 3.05) is 31.1 Å². The van der Waals surface area contributed by atoms with E-state index in [1.54, 1.807) is 11.8 Å². The first-order chi connectivity index (χ1) is 16.2. The lowest BCUT2D eigenvalue weighted by Crippen LogP contribution is -2.36. The molecule has 1 aliphatic rings. The molecule has 2 N–H and O–H groups in total. The van der Waals surface area contributed by atoms with Crippen molar-refractivity contribution in [2.45, 2.75) is 26.2 Å². The molecular weight excluding hydrogens is 487 g/mol. The number of ether oxygens (including phenoxy) is 2. The maximum atomic E-state index is 12.8. The fourth-order valence-corrected chi connectivity index (χ4v) is 4.09. The highest BCUT2D eigenvalue weighted by Gasteiger charge is 2.24. The number of piperidine rings is 1. The zero-order chi connectivity index (χ0) is 24.8. The van der Waals surface area contributed by atoms with Crippen molar-refractivity contribution in [3.8, 4) is 17.2 Å². The normalized spacial score (nSPS) is 13.3. The topological polar surface area (TPSA) is 117 Å². The molecule has 2 aromatic carbocycles. The molecule has 3 rings (SSSR count). The molecule has 0 bridgehead atoms. The molecule has 2 aromatic rings. The van der Waals surface area contributed by atoms with Crippen molar-refractivity contribution < 1.29 is 34.1 Å². The zero-order valence-electron chi connectivity index (χ0n) is 18.4. The second-order valence-electron chi connectivity index (χ2n) is 7.55. The molecule has 0 aliphatic carbocycles. The number of halogens is 2. The number of phenolic OH excluding ortho intramolecular Hbond substituents is 1. The van der Waals surface area contributed by atoms with Crippen molar-refractivity contribution in [3.05, 3.63) is 45.9 Å². The Bertz CT molecular complexity index is 1060. The van der Waals surface area contributed by atoms with Gasteiger partial charge in [-0.2, -0.15) is 0 Å². The van der Waals surface area contributed by atoms with E-state index < -0.39 is 18.6 Å². The third kappa shape index (κ3) is 6.03. The van der Waals surface area contributed by atoms with Crippen molar-refractivity contribution in [1.29, 1.82) is 0 Å². The van der Waals surface area contributed by atoms with E-state index >= 15 is 0 Å². The summed E-state index contributed by atoms with van der Waals surface area (Å²) in [4.78, 5) is 38.8. The van der Waals surface area contributed by atoms with Gasteiger partial charge in [-0.05, 0) is 56.5 Å². The number of carboxylic acid groups (broad SMARTS) is 1. The van der Waals surface area contributed by atoms with Crippen molar-refractivity contribution in [1.82, 2.24) is 4.90 Å². The number of likely N-dealkylation sites (tertiary alicyclic amines) is 1. The van der Waals surface area contributed by atoms with Crippen LogP contribution in [0.3, 0.4) is 0 Å². The molecule has 11 heteroatoms. The van der Waals surface area contributed by atoms with Gasteiger partial charge in [-0.3, -0.25) is 14.5 Å². The Labute approximate surface area is 206 Å². The molecule has 0 spiro atoms. The summed E-state index contributed by atoms with van der Waals surface area (Å²) in [6, 6.07) is 6.85. The minimum atomic E-state index is -1.25. The van der Waals surface area contributed by atoms with Crippen LogP contribution in [0.4, 0.5) is 10.5 Å². The largest absolute Gasteiger partial charge is 0.507 e.